The standard InChI is InChI=1S/C24H22F2N2O2/c25-21-11-10-19(14-22(21)26)27-24(30)18-8-4-12-28(15-18)23(29)13-17-7-3-6-16-5-1-2-9-20(16)17/h1-3,5-7,9-11,14,18H,4,8,12-13,15H2,(H,27,30). The monoisotopic (exact) mass is 408 g/mol. The Labute approximate surface area is 173 Å². The van der Waals surface area contributed by atoms with Crippen molar-refractivity contribution < 1.29 is 18.4 Å². The Morgan fingerprint density at radius 1 is 1.00 bits per heavy atom. The molecule has 154 valence electrons. The number of benzene rings is 3. The topological polar surface area (TPSA) is 49.4 Å². The third kappa shape index (κ3) is 4.32. The summed E-state index contributed by atoms with van der Waals surface area (Å²) >= 11 is 0. The zero-order valence-corrected chi connectivity index (χ0v) is 16.4. The molecule has 1 atom stereocenters. The number of nitrogens with zero attached hydrogens (tertiary/aromatic N) is 1. The van der Waals surface area contributed by atoms with Gasteiger partial charge in [-0.1, -0.05) is 42.5 Å². The number of halogens is 2. The first-order valence-corrected chi connectivity index (χ1v) is 10.0. The number of carbonyl (C=O) groups excluding carboxylic acids is 2. The van der Waals surface area contributed by atoms with Crippen LogP contribution in [0.25, 0.3) is 10.8 Å². The Morgan fingerprint density at radius 2 is 1.80 bits per heavy atom. The number of carbonyl (C=O) groups is 2. The van der Waals surface area contributed by atoms with Crippen LogP contribution in [0.3, 0.4) is 0 Å². The third-order valence-corrected chi connectivity index (χ3v) is 5.55. The van der Waals surface area contributed by atoms with Crippen molar-refractivity contribution in [1.29, 1.82) is 0 Å². The van der Waals surface area contributed by atoms with Gasteiger partial charge in [0.15, 0.2) is 11.6 Å². The van der Waals surface area contributed by atoms with E-state index in [1.54, 1.807) is 4.90 Å². The molecule has 2 amide bonds. The second-order valence-corrected chi connectivity index (χ2v) is 7.61. The fourth-order valence-corrected chi connectivity index (χ4v) is 3.96. The number of likely N-dealkylation sites (tertiary alicyclic amines) is 1. The summed E-state index contributed by atoms with van der Waals surface area (Å²) in [6.07, 6.45) is 1.64. The summed E-state index contributed by atoms with van der Waals surface area (Å²) < 4.78 is 26.5. The van der Waals surface area contributed by atoms with Gasteiger partial charge in [0.1, 0.15) is 0 Å². The van der Waals surface area contributed by atoms with Crippen LogP contribution in [0.2, 0.25) is 0 Å². The first-order chi connectivity index (χ1) is 14.5. The van der Waals surface area contributed by atoms with Crippen LogP contribution in [0.5, 0.6) is 0 Å². The van der Waals surface area contributed by atoms with Crippen LogP contribution in [0.1, 0.15) is 18.4 Å². The van der Waals surface area contributed by atoms with E-state index in [1.165, 1.54) is 6.07 Å². The van der Waals surface area contributed by atoms with Gasteiger partial charge in [0, 0.05) is 24.8 Å². The first-order valence-electron chi connectivity index (χ1n) is 10.0. The summed E-state index contributed by atoms with van der Waals surface area (Å²) in [7, 11) is 0. The van der Waals surface area contributed by atoms with E-state index in [9.17, 15) is 18.4 Å². The Kier molecular flexibility index (Phi) is 5.74. The molecule has 4 nitrogen and oxygen atoms in total. The predicted molar refractivity (Wildman–Crippen MR) is 112 cm³/mol. The number of amides is 2. The summed E-state index contributed by atoms with van der Waals surface area (Å²) in [6.45, 7) is 0.928. The van der Waals surface area contributed by atoms with Crippen molar-refractivity contribution in [2.24, 2.45) is 5.92 Å². The molecular weight excluding hydrogens is 386 g/mol. The Hall–Kier alpha value is -3.28. The van der Waals surface area contributed by atoms with Crippen molar-refractivity contribution >= 4 is 28.3 Å². The normalized spacial score (nSPS) is 16.5. The zero-order chi connectivity index (χ0) is 21.1. The van der Waals surface area contributed by atoms with Gasteiger partial charge in [-0.2, -0.15) is 0 Å². The summed E-state index contributed by atoms with van der Waals surface area (Å²) in [6, 6.07) is 17.1. The summed E-state index contributed by atoms with van der Waals surface area (Å²) in [4.78, 5) is 27.2. The van der Waals surface area contributed by atoms with Crippen LogP contribution < -0.4 is 5.32 Å². The molecular formula is C24H22F2N2O2. The lowest BCUT2D eigenvalue weighted by Crippen LogP contribution is -2.44. The van der Waals surface area contributed by atoms with Gasteiger partial charge in [-0.25, -0.2) is 8.78 Å². The number of piperidine rings is 1. The third-order valence-electron chi connectivity index (χ3n) is 5.55. The van der Waals surface area contributed by atoms with Gasteiger partial charge in [0.05, 0.1) is 12.3 Å². The van der Waals surface area contributed by atoms with Gasteiger partial charge >= 0.3 is 0 Å². The number of rotatable bonds is 4. The zero-order valence-electron chi connectivity index (χ0n) is 16.4. The molecule has 0 aliphatic carbocycles. The van der Waals surface area contributed by atoms with Crippen LogP contribution in [0, 0.1) is 17.6 Å². The predicted octanol–water partition coefficient (Wildman–Crippen LogP) is 4.54. The highest BCUT2D eigenvalue weighted by atomic mass is 19.2. The van der Waals surface area contributed by atoms with Crippen molar-refractivity contribution in [2.75, 3.05) is 18.4 Å². The molecule has 4 rings (SSSR count). The maximum Gasteiger partial charge on any atom is 0.229 e. The molecule has 1 heterocycles. The van der Waals surface area contributed by atoms with Crippen molar-refractivity contribution in [3.63, 3.8) is 0 Å². The van der Waals surface area contributed by atoms with Gasteiger partial charge in [0.2, 0.25) is 11.8 Å². The molecule has 0 spiro atoms. The summed E-state index contributed by atoms with van der Waals surface area (Å²) in [5.41, 5.74) is 1.17. The van der Waals surface area contributed by atoms with E-state index >= 15 is 0 Å². The van der Waals surface area contributed by atoms with Crippen LogP contribution >= 0.6 is 0 Å². The minimum absolute atomic E-state index is 0.0170. The SMILES string of the molecule is O=C(Nc1ccc(F)c(F)c1)C1CCCN(C(=O)Cc2cccc3ccccc23)C1. The second-order valence-electron chi connectivity index (χ2n) is 7.61. The van der Waals surface area contributed by atoms with Crippen molar-refractivity contribution in [3.8, 4) is 0 Å². The van der Waals surface area contributed by atoms with Gasteiger partial charge in [-0.15, -0.1) is 0 Å². The average molecular weight is 408 g/mol. The van der Waals surface area contributed by atoms with E-state index in [4.69, 9.17) is 0 Å². The van der Waals surface area contributed by atoms with E-state index in [-0.39, 0.29) is 29.8 Å². The molecule has 6 heteroatoms. The fourth-order valence-electron chi connectivity index (χ4n) is 3.96. The Bertz CT molecular complexity index is 1090. The van der Waals surface area contributed by atoms with Crippen LogP contribution in [-0.2, 0) is 16.0 Å². The number of hydrogen-bond donors (Lipinski definition) is 1. The molecule has 0 saturated carbocycles. The molecule has 30 heavy (non-hydrogen) atoms. The lowest BCUT2D eigenvalue weighted by atomic mass is 9.95. The summed E-state index contributed by atoms with van der Waals surface area (Å²) in [5, 5.41) is 4.77. The first kappa shape index (κ1) is 20.0. The highest BCUT2D eigenvalue weighted by Gasteiger charge is 2.28. The highest BCUT2D eigenvalue weighted by molar-refractivity contribution is 5.94. The van der Waals surface area contributed by atoms with E-state index in [1.807, 2.05) is 42.5 Å². The van der Waals surface area contributed by atoms with Gasteiger partial charge in [-0.3, -0.25) is 9.59 Å². The lowest BCUT2D eigenvalue weighted by molar-refractivity contribution is -0.133. The van der Waals surface area contributed by atoms with Crippen molar-refractivity contribution in [1.82, 2.24) is 4.90 Å². The molecule has 0 aromatic heterocycles. The van der Waals surface area contributed by atoms with Crippen molar-refractivity contribution in [2.45, 2.75) is 19.3 Å². The quantitative estimate of drug-likeness (QED) is 0.689. The molecule has 1 aliphatic heterocycles. The lowest BCUT2D eigenvalue weighted by Gasteiger charge is -2.32. The smallest absolute Gasteiger partial charge is 0.229 e. The maximum atomic E-state index is 13.4. The molecule has 3 aromatic carbocycles. The molecule has 1 unspecified atom stereocenters. The highest BCUT2D eigenvalue weighted by Crippen LogP contribution is 2.23. The maximum absolute atomic E-state index is 13.4. The van der Waals surface area contributed by atoms with E-state index < -0.39 is 11.6 Å². The van der Waals surface area contributed by atoms with Gasteiger partial charge in [-0.05, 0) is 41.3 Å². The molecule has 3 aromatic rings. The number of anilines is 1. The Balaban J connectivity index is 1.42. The Morgan fingerprint density at radius 3 is 2.63 bits per heavy atom. The largest absolute Gasteiger partial charge is 0.342 e. The second kappa shape index (κ2) is 8.61. The van der Waals surface area contributed by atoms with E-state index in [0.29, 0.717) is 19.5 Å². The molecule has 0 bridgehead atoms. The van der Waals surface area contributed by atoms with Crippen LogP contribution in [0.15, 0.2) is 60.7 Å². The van der Waals surface area contributed by atoms with Gasteiger partial charge in [0.25, 0.3) is 0 Å². The summed E-state index contributed by atoms with van der Waals surface area (Å²) in [5.74, 6) is -2.66. The van der Waals surface area contributed by atoms with Crippen LogP contribution in [-0.4, -0.2) is 29.8 Å². The van der Waals surface area contributed by atoms with E-state index in [0.717, 1.165) is 34.9 Å². The van der Waals surface area contributed by atoms with Crippen molar-refractivity contribution in [3.05, 3.63) is 77.9 Å². The average Bonchev–Trinajstić information content (AvgIpc) is 2.76. The number of nitrogens with one attached hydrogen (secondary N) is 1. The number of fused-ring (bicyclic) bond motifs is 1. The molecule has 1 fully saturated rings. The minimum atomic E-state index is -1.01. The minimum Gasteiger partial charge on any atom is -0.342 e. The molecule has 0 radical (unpaired) electrons. The molecule has 1 saturated heterocycles. The van der Waals surface area contributed by atoms with E-state index in [2.05, 4.69) is 5.32 Å². The molecule has 1 aliphatic rings. The van der Waals surface area contributed by atoms with Crippen LogP contribution in [0.4, 0.5) is 14.5 Å². The fraction of sp³-hybridized carbons (Fsp3) is 0.250. The number of hydrogen-bond acceptors (Lipinski definition) is 2. The van der Waals surface area contributed by atoms with Gasteiger partial charge < -0.3 is 10.2 Å². The molecule has 1 N–H and O–H groups in total.